The Kier molecular flexibility index (Phi) is 5.87. The van der Waals surface area contributed by atoms with Gasteiger partial charge in [0.25, 0.3) is 5.91 Å². The highest BCUT2D eigenvalue weighted by Gasteiger charge is 2.21. The van der Waals surface area contributed by atoms with Crippen molar-refractivity contribution in [2.24, 2.45) is 7.05 Å². The molecule has 1 amide bonds. The highest BCUT2D eigenvalue weighted by atomic mass is 16.5. The molecule has 0 saturated heterocycles. The van der Waals surface area contributed by atoms with Crippen LogP contribution in [0.25, 0.3) is 0 Å². The van der Waals surface area contributed by atoms with E-state index in [9.17, 15) is 4.79 Å². The van der Waals surface area contributed by atoms with Gasteiger partial charge in [0.2, 0.25) is 0 Å². The first-order valence-electron chi connectivity index (χ1n) is 7.76. The van der Waals surface area contributed by atoms with Crippen LogP contribution in [0.4, 0.5) is 0 Å². The maximum Gasteiger partial charge on any atom is 0.258 e. The van der Waals surface area contributed by atoms with Gasteiger partial charge in [-0.1, -0.05) is 6.07 Å². The number of methoxy groups -OCH3 is 2. The van der Waals surface area contributed by atoms with E-state index >= 15 is 0 Å². The van der Waals surface area contributed by atoms with Crippen molar-refractivity contribution in [3.8, 4) is 11.5 Å². The lowest BCUT2D eigenvalue weighted by molar-refractivity contribution is 0.0935. The Morgan fingerprint density at radius 2 is 1.79 bits per heavy atom. The van der Waals surface area contributed by atoms with Gasteiger partial charge in [0.05, 0.1) is 20.3 Å². The van der Waals surface area contributed by atoms with Crippen LogP contribution in [0.2, 0.25) is 0 Å². The monoisotopic (exact) mass is 331 g/mol. The maximum atomic E-state index is 12.7. The van der Waals surface area contributed by atoms with Crippen LogP contribution in [0.3, 0.4) is 0 Å². The van der Waals surface area contributed by atoms with E-state index in [-0.39, 0.29) is 11.9 Å². The molecule has 0 aliphatic carbocycles. The van der Waals surface area contributed by atoms with E-state index in [0.717, 1.165) is 5.69 Å². The van der Waals surface area contributed by atoms with E-state index in [2.05, 4.69) is 20.9 Å². The van der Waals surface area contributed by atoms with Gasteiger partial charge in [-0.25, -0.2) is 0 Å². The number of hydrogen-bond acceptors (Lipinski definition) is 4. The predicted octanol–water partition coefficient (Wildman–Crippen LogP) is 2.07. The maximum absolute atomic E-state index is 12.7. The summed E-state index contributed by atoms with van der Waals surface area (Å²) in [5.41, 5.74) is 1.54. The molecule has 0 aliphatic rings. The van der Waals surface area contributed by atoms with Crippen LogP contribution in [0.15, 0.2) is 36.5 Å². The molecule has 24 heavy (non-hydrogen) atoms. The molecule has 1 atom stereocenters. The van der Waals surface area contributed by atoms with Crippen LogP contribution in [-0.4, -0.2) is 50.2 Å². The molecule has 0 bridgehead atoms. The third kappa shape index (κ3) is 3.71. The van der Waals surface area contributed by atoms with Crippen molar-refractivity contribution < 1.29 is 14.3 Å². The first-order chi connectivity index (χ1) is 11.5. The van der Waals surface area contributed by atoms with Crippen LogP contribution >= 0.6 is 0 Å². The number of aromatic nitrogens is 1. The summed E-state index contributed by atoms with van der Waals surface area (Å²) in [5.74, 6) is 0.768. The van der Waals surface area contributed by atoms with Gasteiger partial charge in [-0.05, 0) is 38.4 Å². The zero-order chi connectivity index (χ0) is 17.7. The summed E-state index contributed by atoms with van der Waals surface area (Å²) in [6, 6.07) is 9.41. The molecular weight excluding hydrogens is 306 g/mol. The summed E-state index contributed by atoms with van der Waals surface area (Å²) >= 11 is 0. The molecule has 0 spiro atoms. The number of hydrogen-bond donors (Lipinski definition) is 1. The highest BCUT2D eigenvalue weighted by molar-refractivity contribution is 5.99. The number of amides is 1. The zero-order valence-electron chi connectivity index (χ0n) is 14.9. The van der Waals surface area contributed by atoms with E-state index in [4.69, 9.17) is 9.47 Å². The molecule has 130 valence electrons. The SMILES string of the molecule is COc1cccc(OC)c1C(=O)NCC(c1cccn1C)N(C)C. The van der Waals surface area contributed by atoms with Gasteiger partial charge in [0, 0.05) is 25.5 Å². The first kappa shape index (κ1) is 17.9. The number of likely N-dealkylation sites (N-methyl/N-ethyl adjacent to an activating group) is 1. The number of ether oxygens (including phenoxy) is 2. The predicted molar refractivity (Wildman–Crippen MR) is 93.7 cm³/mol. The lowest BCUT2D eigenvalue weighted by Gasteiger charge is -2.25. The molecule has 1 heterocycles. The fraction of sp³-hybridized carbons (Fsp3) is 0.389. The average molecular weight is 331 g/mol. The van der Waals surface area contributed by atoms with Crippen molar-refractivity contribution >= 4 is 5.91 Å². The third-order valence-corrected chi connectivity index (χ3v) is 4.06. The Morgan fingerprint density at radius 1 is 1.17 bits per heavy atom. The molecule has 1 aromatic carbocycles. The standard InChI is InChI=1S/C18H25N3O3/c1-20(2)14(13-8-7-11-21(13)3)12-19-18(22)17-15(23-4)9-6-10-16(17)24-5/h6-11,14H,12H2,1-5H3,(H,19,22). The summed E-state index contributed by atoms with van der Waals surface area (Å²) in [5, 5.41) is 2.99. The number of aryl methyl sites for hydroxylation is 1. The third-order valence-electron chi connectivity index (χ3n) is 4.06. The first-order valence-corrected chi connectivity index (χ1v) is 7.76. The summed E-state index contributed by atoms with van der Waals surface area (Å²) in [6.07, 6.45) is 2.00. The topological polar surface area (TPSA) is 55.7 Å². The normalized spacial score (nSPS) is 12.1. The van der Waals surface area contributed by atoms with Crippen LogP contribution in [0.5, 0.6) is 11.5 Å². The van der Waals surface area contributed by atoms with Gasteiger partial charge < -0.3 is 19.4 Å². The molecule has 1 N–H and O–H groups in total. The number of nitrogens with zero attached hydrogens (tertiary/aromatic N) is 2. The molecule has 0 radical (unpaired) electrons. The molecular formula is C18H25N3O3. The van der Waals surface area contributed by atoms with Gasteiger partial charge in [-0.2, -0.15) is 0 Å². The molecule has 0 fully saturated rings. The van der Waals surface area contributed by atoms with E-state index in [1.54, 1.807) is 18.2 Å². The van der Waals surface area contributed by atoms with Gasteiger partial charge in [-0.3, -0.25) is 9.69 Å². The lowest BCUT2D eigenvalue weighted by Crippen LogP contribution is -2.35. The highest BCUT2D eigenvalue weighted by Crippen LogP contribution is 2.28. The van der Waals surface area contributed by atoms with E-state index < -0.39 is 0 Å². The minimum atomic E-state index is -0.217. The molecule has 0 saturated carbocycles. The second kappa shape index (κ2) is 7.88. The molecule has 6 nitrogen and oxygen atoms in total. The van der Waals surface area contributed by atoms with Crippen LogP contribution in [0.1, 0.15) is 22.1 Å². The number of rotatable bonds is 7. The lowest BCUT2D eigenvalue weighted by atomic mass is 10.1. The Morgan fingerprint density at radius 3 is 2.25 bits per heavy atom. The summed E-state index contributed by atoms with van der Waals surface area (Å²) in [7, 11) is 9.06. The van der Waals surface area contributed by atoms with Crippen molar-refractivity contribution in [1.82, 2.24) is 14.8 Å². The minimum Gasteiger partial charge on any atom is -0.496 e. The van der Waals surface area contributed by atoms with Gasteiger partial charge in [-0.15, -0.1) is 0 Å². The Bertz CT molecular complexity index is 672. The molecule has 2 aromatic rings. The second-order valence-corrected chi connectivity index (χ2v) is 5.77. The Balaban J connectivity index is 2.19. The number of nitrogens with one attached hydrogen (secondary N) is 1. The van der Waals surface area contributed by atoms with Crippen LogP contribution < -0.4 is 14.8 Å². The number of carbonyl (C=O) groups is 1. The molecule has 1 aromatic heterocycles. The fourth-order valence-electron chi connectivity index (χ4n) is 2.72. The van der Waals surface area contributed by atoms with Gasteiger partial charge in [0.15, 0.2) is 0 Å². The average Bonchev–Trinajstić information content (AvgIpc) is 2.99. The van der Waals surface area contributed by atoms with Gasteiger partial charge >= 0.3 is 0 Å². The van der Waals surface area contributed by atoms with Crippen molar-refractivity contribution in [2.75, 3.05) is 34.9 Å². The summed E-state index contributed by atoms with van der Waals surface area (Å²) < 4.78 is 12.7. The van der Waals surface area contributed by atoms with E-state index in [1.165, 1.54) is 14.2 Å². The fourth-order valence-corrected chi connectivity index (χ4v) is 2.72. The minimum absolute atomic E-state index is 0.0645. The largest absolute Gasteiger partial charge is 0.496 e. The molecule has 2 rings (SSSR count). The second-order valence-electron chi connectivity index (χ2n) is 5.77. The van der Waals surface area contributed by atoms with Gasteiger partial charge in [0.1, 0.15) is 17.1 Å². The van der Waals surface area contributed by atoms with Crippen LogP contribution in [0, 0.1) is 0 Å². The van der Waals surface area contributed by atoms with Crippen LogP contribution in [-0.2, 0) is 7.05 Å². The van der Waals surface area contributed by atoms with Crippen molar-refractivity contribution in [3.63, 3.8) is 0 Å². The van der Waals surface area contributed by atoms with E-state index in [0.29, 0.717) is 23.6 Å². The smallest absolute Gasteiger partial charge is 0.258 e. The molecule has 6 heteroatoms. The molecule has 0 aliphatic heterocycles. The van der Waals surface area contributed by atoms with Crippen molar-refractivity contribution in [3.05, 3.63) is 47.8 Å². The Hall–Kier alpha value is -2.47. The summed E-state index contributed by atoms with van der Waals surface area (Å²) in [6.45, 7) is 0.477. The molecule has 1 unspecified atom stereocenters. The number of carbonyl (C=O) groups excluding carboxylic acids is 1. The van der Waals surface area contributed by atoms with Crippen molar-refractivity contribution in [1.29, 1.82) is 0 Å². The van der Waals surface area contributed by atoms with E-state index in [1.807, 2.05) is 33.4 Å². The zero-order valence-corrected chi connectivity index (χ0v) is 14.9. The number of benzene rings is 1. The van der Waals surface area contributed by atoms with Crippen molar-refractivity contribution in [2.45, 2.75) is 6.04 Å². The quantitative estimate of drug-likeness (QED) is 0.844. The Labute approximate surface area is 143 Å². The summed E-state index contributed by atoms with van der Waals surface area (Å²) in [4.78, 5) is 14.8.